The van der Waals surface area contributed by atoms with Gasteiger partial charge in [-0.2, -0.15) is 0 Å². The maximum atomic E-state index is 11.1. The van der Waals surface area contributed by atoms with Gasteiger partial charge in [0.2, 0.25) is 6.79 Å². The van der Waals surface area contributed by atoms with Gasteiger partial charge in [-0.25, -0.2) is 4.79 Å². The zero-order chi connectivity index (χ0) is 13.0. The summed E-state index contributed by atoms with van der Waals surface area (Å²) in [5.41, 5.74) is 1.95. The minimum Gasteiger partial charge on any atom is -0.478 e. The number of hydrogen-bond acceptors (Lipinski definition) is 3. The monoisotopic (exact) mass is 246 g/mol. The first kappa shape index (κ1) is 12.2. The number of aliphatic carboxylic acids is 1. The van der Waals surface area contributed by atoms with Crippen LogP contribution in [0, 0.1) is 0 Å². The number of allylic oxidation sites excluding steroid dienone is 1. The molecule has 1 heterocycles. The van der Waals surface area contributed by atoms with Crippen molar-refractivity contribution in [3.63, 3.8) is 0 Å². The molecule has 0 saturated heterocycles. The zero-order valence-corrected chi connectivity index (χ0v) is 10.1. The highest BCUT2D eigenvalue weighted by atomic mass is 16.7. The van der Waals surface area contributed by atoms with Crippen molar-refractivity contribution in [3.8, 4) is 0 Å². The maximum absolute atomic E-state index is 11.1. The summed E-state index contributed by atoms with van der Waals surface area (Å²) in [7, 11) is 0. The Hall–Kier alpha value is -2.23. The second-order valence-corrected chi connectivity index (χ2v) is 3.98. The van der Waals surface area contributed by atoms with E-state index in [0.29, 0.717) is 17.8 Å². The molecule has 0 radical (unpaired) electrons. The largest absolute Gasteiger partial charge is 0.478 e. The number of benzene rings is 1. The first-order valence-corrected chi connectivity index (χ1v) is 5.60. The summed E-state index contributed by atoms with van der Waals surface area (Å²) < 4.78 is 10.3. The van der Waals surface area contributed by atoms with Crippen molar-refractivity contribution in [3.05, 3.63) is 59.1 Å². The number of carboxylic acids is 1. The van der Waals surface area contributed by atoms with Gasteiger partial charge in [0.05, 0.1) is 0 Å². The Morgan fingerprint density at radius 3 is 2.61 bits per heavy atom. The molecule has 1 aromatic carbocycles. The Balaban J connectivity index is 2.32. The molecular weight excluding hydrogens is 232 g/mol. The van der Waals surface area contributed by atoms with E-state index in [4.69, 9.17) is 14.6 Å². The van der Waals surface area contributed by atoms with Gasteiger partial charge in [-0.3, -0.25) is 0 Å². The lowest BCUT2D eigenvalue weighted by molar-refractivity contribution is -0.132. The van der Waals surface area contributed by atoms with Crippen LogP contribution in [-0.2, 0) is 20.7 Å². The average Bonchev–Trinajstić information content (AvgIpc) is 2.90. The molecule has 18 heavy (non-hydrogen) atoms. The standard InChI is InChI=1S/C14H14O4/c1-10(14(15)16)12(13-8-17-9-18-13)7-11-5-3-2-4-6-11/h2-6,8H,7,9H2,1H3,(H,15,16). The van der Waals surface area contributed by atoms with E-state index in [2.05, 4.69) is 0 Å². The molecule has 0 saturated carbocycles. The lowest BCUT2D eigenvalue weighted by Crippen LogP contribution is -2.06. The first-order valence-electron chi connectivity index (χ1n) is 5.60. The quantitative estimate of drug-likeness (QED) is 0.829. The van der Waals surface area contributed by atoms with Crippen LogP contribution in [0.15, 0.2) is 53.5 Å². The average molecular weight is 246 g/mol. The van der Waals surface area contributed by atoms with Crippen molar-refractivity contribution < 1.29 is 19.4 Å². The van der Waals surface area contributed by atoms with E-state index in [9.17, 15) is 4.79 Å². The predicted molar refractivity (Wildman–Crippen MR) is 65.6 cm³/mol. The second kappa shape index (κ2) is 5.40. The van der Waals surface area contributed by atoms with Crippen LogP contribution in [0.25, 0.3) is 0 Å². The predicted octanol–water partition coefficient (Wildman–Crippen LogP) is 2.48. The third-order valence-corrected chi connectivity index (χ3v) is 2.77. The number of hydrogen-bond donors (Lipinski definition) is 1. The molecule has 0 spiro atoms. The van der Waals surface area contributed by atoms with Gasteiger partial charge in [0.1, 0.15) is 6.26 Å². The van der Waals surface area contributed by atoms with E-state index in [1.54, 1.807) is 6.92 Å². The van der Waals surface area contributed by atoms with E-state index < -0.39 is 5.97 Å². The molecule has 0 fully saturated rings. The van der Waals surface area contributed by atoms with Gasteiger partial charge in [-0.15, -0.1) is 0 Å². The Morgan fingerprint density at radius 2 is 2.06 bits per heavy atom. The van der Waals surface area contributed by atoms with E-state index >= 15 is 0 Å². The van der Waals surface area contributed by atoms with Gasteiger partial charge in [-0.05, 0) is 12.5 Å². The minimum absolute atomic E-state index is 0.139. The van der Waals surface area contributed by atoms with Crippen molar-refractivity contribution in [2.75, 3.05) is 6.79 Å². The van der Waals surface area contributed by atoms with Crippen LogP contribution < -0.4 is 0 Å². The van der Waals surface area contributed by atoms with Gasteiger partial charge in [-0.1, -0.05) is 30.3 Å². The molecule has 0 aromatic heterocycles. The van der Waals surface area contributed by atoms with Crippen molar-refractivity contribution in [2.45, 2.75) is 13.3 Å². The van der Waals surface area contributed by atoms with Crippen LogP contribution in [0.2, 0.25) is 0 Å². The Kier molecular flexibility index (Phi) is 3.67. The smallest absolute Gasteiger partial charge is 0.331 e. The minimum atomic E-state index is -0.947. The number of rotatable bonds is 4. The van der Waals surface area contributed by atoms with Gasteiger partial charge < -0.3 is 14.6 Å². The van der Waals surface area contributed by atoms with Gasteiger partial charge in [0.15, 0.2) is 5.76 Å². The SMILES string of the molecule is CC(C(=O)O)=C(Cc1ccccc1)C1=COCO1. The maximum Gasteiger partial charge on any atom is 0.331 e. The normalized spacial score (nSPS) is 15.3. The summed E-state index contributed by atoms with van der Waals surface area (Å²) in [6.45, 7) is 1.71. The molecule has 1 aromatic rings. The third-order valence-electron chi connectivity index (χ3n) is 2.77. The fourth-order valence-electron chi connectivity index (χ4n) is 1.73. The summed E-state index contributed by atoms with van der Waals surface area (Å²) in [5, 5.41) is 9.11. The number of ether oxygens (including phenoxy) is 2. The summed E-state index contributed by atoms with van der Waals surface area (Å²) in [6, 6.07) is 9.66. The molecule has 4 heteroatoms. The Bertz CT molecular complexity index is 500. The molecule has 0 bridgehead atoms. The lowest BCUT2D eigenvalue weighted by Gasteiger charge is -2.10. The molecule has 0 unspecified atom stereocenters. The molecule has 0 aliphatic carbocycles. The molecule has 94 valence electrons. The van der Waals surface area contributed by atoms with Crippen molar-refractivity contribution >= 4 is 5.97 Å². The van der Waals surface area contributed by atoms with Crippen LogP contribution in [-0.4, -0.2) is 17.9 Å². The van der Waals surface area contributed by atoms with Crippen LogP contribution in [0.5, 0.6) is 0 Å². The molecule has 1 aliphatic rings. The van der Waals surface area contributed by atoms with Gasteiger partial charge >= 0.3 is 5.97 Å². The van der Waals surface area contributed by atoms with E-state index in [0.717, 1.165) is 5.56 Å². The summed E-state index contributed by atoms with van der Waals surface area (Å²) in [5.74, 6) is -0.448. The molecule has 1 aliphatic heterocycles. The highest BCUT2D eigenvalue weighted by Crippen LogP contribution is 2.24. The van der Waals surface area contributed by atoms with Crippen LogP contribution in [0.4, 0.5) is 0 Å². The molecular formula is C14H14O4. The van der Waals surface area contributed by atoms with Crippen LogP contribution in [0.3, 0.4) is 0 Å². The highest BCUT2D eigenvalue weighted by molar-refractivity contribution is 5.87. The topological polar surface area (TPSA) is 55.8 Å². The molecule has 0 amide bonds. The van der Waals surface area contributed by atoms with Crippen molar-refractivity contribution in [1.29, 1.82) is 0 Å². The third kappa shape index (κ3) is 2.71. The van der Waals surface area contributed by atoms with Crippen LogP contribution in [0.1, 0.15) is 12.5 Å². The first-order chi connectivity index (χ1) is 8.68. The second-order valence-electron chi connectivity index (χ2n) is 3.98. The fourth-order valence-corrected chi connectivity index (χ4v) is 1.73. The van der Waals surface area contributed by atoms with Gasteiger partial charge in [0, 0.05) is 17.6 Å². The number of carboxylic acid groups (broad SMARTS) is 1. The fraction of sp³-hybridized carbons (Fsp3) is 0.214. The zero-order valence-electron chi connectivity index (χ0n) is 10.1. The van der Waals surface area contributed by atoms with E-state index in [1.165, 1.54) is 6.26 Å². The highest BCUT2D eigenvalue weighted by Gasteiger charge is 2.19. The molecule has 2 rings (SSSR count). The van der Waals surface area contributed by atoms with E-state index in [-0.39, 0.29) is 12.4 Å². The summed E-state index contributed by atoms with van der Waals surface area (Å²) >= 11 is 0. The molecule has 4 nitrogen and oxygen atoms in total. The van der Waals surface area contributed by atoms with Crippen molar-refractivity contribution in [2.24, 2.45) is 0 Å². The number of carbonyl (C=O) groups is 1. The van der Waals surface area contributed by atoms with Crippen LogP contribution >= 0.6 is 0 Å². The lowest BCUT2D eigenvalue weighted by atomic mass is 9.99. The van der Waals surface area contributed by atoms with Gasteiger partial charge in [0.25, 0.3) is 0 Å². The Labute approximate surface area is 105 Å². The van der Waals surface area contributed by atoms with E-state index in [1.807, 2.05) is 30.3 Å². The summed E-state index contributed by atoms with van der Waals surface area (Å²) in [4.78, 5) is 11.1. The Morgan fingerprint density at radius 1 is 1.33 bits per heavy atom. The van der Waals surface area contributed by atoms with Crippen molar-refractivity contribution in [1.82, 2.24) is 0 Å². The molecule has 1 N–H and O–H groups in total. The summed E-state index contributed by atoms with van der Waals surface area (Å²) in [6.07, 6.45) is 1.97. The molecule has 0 atom stereocenters.